The van der Waals surface area contributed by atoms with Gasteiger partial charge in [0.25, 0.3) is 5.91 Å². The number of ether oxygens (including phenoxy) is 1. The zero-order chi connectivity index (χ0) is 16.2. The maximum Gasteiger partial charge on any atom is 0.305 e. The number of nitrogens with one attached hydrogen (secondary N) is 1. The van der Waals surface area contributed by atoms with E-state index in [0.29, 0.717) is 25.1 Å². The molecule has 0 saturated carbocycles. The van der Waals surface area contributed by atoms with Gasteiger partial charge in [0.2, 0.25) is 0 Å². The fourth-order valence-corrected chi connectivity index (χ4v) is 2.12. The van der Waals surface area contributed by atoms with Crippen molar-refractivity contribution in [3.8, 4) is 5.75 Å². The third-order valence-corrected chi connectivity index (χ3v) is 3.30. The molecule has 0 saturated heterocycles. The van der Waals surface area contributed by atoms with Gasteiger partial charge in [-0.2, -0.15) is 0 Å². The molecule has 0 unspecified atom stereocenters. The zero-order valence-corrected chi connectivity index (χ0v) is 13.1. The van der Waals surface area contributed by atoms with Gasteiger partial charge in [0.1, 0.15) is 5.75 Å². The van der Waals surface area contributed by atoms with Gasteiger partial charge in [0.15, 0.2) is 0 Å². The van der Waals surface area contributed by atoms with E-state index in [4.69, 9.17) is 4.74 Å². The van der Waals surface area contributed by atoms with Crippen molar-refractivity contribution in [3.63, 3.8) is 0 Å². The second-order valence-corrected chi connectivity index (χ2v) is 5.10. The maximum atomic E-state index is 11.8. The molecule has 22 heavy (non-hydrogen) atoms. The summed E-state index contributed by atoms with van der Waals surface area (Å²) in [5.74, 6) is -0.378. The Bertz CT molecular complexity index is 473. The van der Waals surface area contributed by atoms with Gasteiger partial charge in [0, 0.05) is 13.0 Å². The minimum absolute atomic E-state index is 0.000958. The Hall–Kier alpha value is -2.04. The molecule has 0 fully saturated rings. The standard InChI is InChI=1S/C17H25NO4/c1-2-22-16(20)12-6-4-3-5-9-13-18-17(21)14-10-7-8-11-15(14)19/h7-8,10-11,19H,2-6,9,12-13H2,1H3,(H,18,21). The predicted octanol–water partition coefficient (Wildman–Crippen LogP) is 3.03. The highest BCUT2D eigenvalue weighted by Crippen LogP contribution is 2.15. The summed E-state index contributed by atoms with van der Waals surface area (Å²) < 4.78 is 4.86. The molecule has 1 aromatic carbocycles. The molecule has 0 aliphatic rings. The van der Waals surface area contributed by atoms with Gasteiger partial charge in [-0.05, 0) is 31.9 Å². The molecule has 0 heterocycles. The monoisotopic (exact) mass is 307 g/mol. The number of aromatic hydroxyl groups is 1. The zero-order valence-electron chi connectivity index (χ0n) is 13.1. The van der Waals surface area contributed by atoms with Crippen LogP contribution in [-0.4, -0.2) is 30.1 Å². The van der Waals surface area contributed by atoms with E-state index in [1.165, 1.54) is 6.07 Å². The van der Waals surface area contributed by atoms with Crippen molar-refractivity contribution in [3.05, 3.63) is 29.8 Å². The van der Waals surface area contributed by atoms with Crippen LogP contribution < -0.4 is 5.32 Å². The van der Waals surface area contributed by atoms with E-state index < -0.39 is 0 Å². The number of benzene rings is 1. The van der Waals surface area contributed by atoms with Crippen LogP contribution >= 0.6 is 0 Å². The molecular weight excluding hydrogens is 282 g/mol. The summed E-state index contributed by atoms with van der Waals surface area (Å²) in [5, 5.41) is 12.4. The summed E-state index contributed by atoms with van der Waals surface area (Å²) in [5.41, 5.74) is 0.303. The van der Waals surface area contributed by atoms with Crippen LogP contribution in [0.5, 0.6) is 5.75 Å². The first kappa shape index (κ1) is 18.0. The Kier molecular flexibility index (Phi) is 8.72. The lowest BCUT2D eigenvalue weighted by atomic mass is 10.1. The first-order valence-corrected chi connectivity index (χ1v) is 7.87. The number of para-hydroxylation sites is 1. The number of hydrogen-bond acceptors (Lipinski definition) is 4. The van der Waals surface area contributed by atoms with Crippen molar-refractivity contribution < 1.29 is 19.4 Å². The largest absolute Gasteiger partial charge is 0.507 e. The van der Waals surface area contributed by atoms with Crippen molar-refractivity contribution >= 4 is 11.9 Å². The normalized spacial score (nSPS) is 10.2. The molecule has 0 aliphatic heterocycles. The van der Waals surface area contributed by atoms with Crippen molar-refractivity contribution in [2.45, 2.75) is 45.4 Å². The summed E-state index contributed by atoms with van der Waals surface area (Å²) in [4.78, 5) is 22.9. The maximum absolute atomic E-state index is 11.8. The first-order valence-electron chi connectivity index (χ1n) is 7.87. The molecule has 0 aromatic heterocycles. The molecule has 122 valence electrons. The third kappa shape index (κ3) is 7.11. The number of carbonyl (C=O) groups excluding carboxylic acids is 2. The van der Waals surface area contributed by atoms with Crippen molar-refractivity contribution in [2.75, 3.05) is 13.2 Å². The quantitative estimate of drug-likeness (QED) is 0.514. The molecule has 1 amide bonds. The summed E-state index contributed by atoms with van der Waals surface area (Å²) >= 11 is 0. The molecule has 2 N–H and O–H groups in total. The van der Waals surface area contributed by atoms with Gasteiger partial charge >= 0.3 is 5.97 Å². The van der Waals surface area contributed by atoms with Crippen LogP contribution in [0, 0.1) is 0 Å². The molecule has 0 spiro atoms. The Morgan fingerprint density at radius 3 is 2.50 bits per heavy atom. The van der Waals surface area contributed by atoms with Crippen LogP contribution in [0.15, 0.2) is 24.3 Å². The Morgan fingerprint density at radius 2 is 1.77 bits per heavy atom. The Morgan fingerprint density at radius 1 is 1.09 bits per heavy atom. The lowest BCUT2D eigenvalue weighted by molar-refractivity contribution is -0.143. The molecule has 1 aromatic rings. The number of esters is 1. The van der Waals surface area contributed by atoms with E-state index in [0.717, 1.165) is 32.1 Å². The van der Waals surface area contributed by atoms with Gasteiger partial charge in [-0.3, -0.25) is 9.59 Å². The Balaban J connectivity index is 2.03. The lowest BCUT2D eigenvalue weighted by Crippen LogP contribution is -2.24. The molecule has 0 aliphatic carbocycles. The number of amides is 1. The van der Waals surface area contributed by atoms with Crippen LogP contribution in [0.3, 0.4) is 0 Å². The minimum atomic E-state index is -0.250. The molecule has 1 rings (SSSR count). The highest BCUT2D eigenvalue weighted by molar-refractivity contribution is 5.96. The number of carbonyl (C=O) groups is 2. The van der Waals surface area contributed by atoms with Gasteiger partial charge < -0.3 is 15.2 Å². The molecule has 0 bridgehead atoms. The number of hydrogen-bond donors (Lipinski definition) is 2. The van der Waals surface area contributed by atoms with Crippen molar-refractivity contribution in [1.82, 2.24) is 5.32 Å². The van der Waals surface area contributed by atoms with Crippen molar-refractivity contribution in [2.24, 2.45) is 0 Å². The van der Waals surface area contributed by atoms with Crippen LogP contribution in [0.25, 0.3) is 0 Å². The van der Waals surface area contributed by atoms with Gasteiger partial charge in [0.05, 0.1) is 12.2 Å². The predicted molar refractivity (Wildman–Crippen MR) is 84.8 cm³/mol. The summed E-state index contributed by atoms with van der Waals surface area (Å²) in [7, 11) is 0. The van der Waals surface area contributed by atoms with Gasteiger partial charge in [-0.1, -0.05) is 31.4 Å². The fraction of sp³-hybridized carbons (Fsp3) is 0.529. The highest BCUT2D eigenvalue weighted by Gasteiger charge is 2.08. The van der Waals surface area contributed by atoms with Crippen molar-refractivity contribution in [1.29, 1.82) is 0 Å². The van der Waals surface area contributed by atoms with Gasteiger partial charge in [-0.25, -0.2) is 0 Å². The van der Waals surface area contributed by atoms with Gasteiger partial charge in [-0.15, -0.1) is 0 Å². The SMILES string of the molecule is CCOC(=O)CCCCCCCNC(=O)c1ccccc1O. The van der Waals surface area contributed by atoms with Crippen LogP contribution in [0.1, 0.15) is 55.8 Å². The molecule has 5 heteroatoms. The van der Waals surface area contributed by atoms with E-state index >= 15 is 0 Å². The number of phenols is 1. The van der Waals surface area contributed by atoms with E-state index in [2.05, 4.69) is 5.32 Å². The van der Waals surface area contributed by atoms with E-state index in [9.17, 15) is 14.7 Å². The third-order valence-electron chi connectivity index (χ3n) is 3.30. The van der Waals surface area contributed by atoms with E-state index in [-0.39, 0.29) is 17.6 Å². The summed E-state index contributed by atoms with van der Waals surface area (Å²) in [6.45, 7) is 2.84. The lowest BCUT2D eigenvalue weighted by Gasteiger charge is -2.06. The molecule has 0 atom stereocenters. The molecular formula is C17H25NO4. The Labute approximate surface area is 131 Å². The molecule has 0 radical (unpaired) electrons. The van der Waals surface area contributed by atoms with Crippen LogP contribution in [0.2, 0.25) is 0 Å². The minimum Gasteiger partial charge on any atom is -0.507 e. The number of phenolic OH excluding ortho intramolecular Hbond substituents is 1. The fourth-order valence-electron chi connectivity index (χ4n) is 2.12. The molecule has 5 nitrogen and oxygen atoms in total. The summed E-state index contributed by atoms with van der Waals surface area (Å²) in [6.07, 6.45) is 5.25. The van der Waals surface area contributed by atoms with E-state index in [1.807, 2.05) is 0 Å². The second kappa shape index (κ2) is 10.7. The van der Waals surface area contributed by atoms with E-state index in [1.54, 1.807) is 25.1 Å². The average molecular weight is 307 g/mol. The summed E-state index contributed by atoms with van der Waals surface area (Å²) in [6, 6.07) is 6.50. The number of unbranched alkanes of at least 4 members (excludes halogenated alkanes) is 4. The number of rotatable bonds is 10. The topological polar surface area (TPSA) is 75.6 Å². The average Bonchev–Trinajstić information content (AvgIpc) is 2.50. The smallest absolute Gasteiger partial charge is 0.305 e. The van der Waals surface area contributed by atoms with Crippen LogP contribution in [0.4, 0.5) is 0 Å². The van der Waals surface area contributed by atoms with Crippen LogP contribution in [-0.2, 0) is 9.53 Å². The second-order valence-electron chi connectivity index (χ2n) is 5.10. The first-order chi connectivity index (χ1) is 10.6. The highest BCUT2D eigenvalue weighted by atomic mass is 16.5.